The van der Waals surface area contributed by atoms with Gasteiger partial charge in [-0.15, -0.1) is 0 Å². The molecule has 0 aliphatic rings. The molecule has 0 N–H and O–H groups in total. The fourth-order valence-electron chi connectivity index (χ4n) is 2.70. The smallest absolute Gasteiger partial charge is 0.374 e. The van der Waals surface area contributed by atoms with Gasteiger partial charge in [0.05, 0.1) is 0 Å². The van der Waals surface area contributed by atoms with Crippen molar-refractivity contribution in [1.29, 1.82) is 0 Å². The van der Waals surface area contributed by atoms with Gasteiger partial charge in [-0.05, 0) is 48.0 Å². The monoisotopic (exact) mass is 426 g/mol. The molecule has 0 rings (SSSR count). The first-order chi connectivity index (χ1) is 13.0. The third-order valence-corrected chi connectivity index (χ3v) is 10.0. The highest BCUT2D eigenvalue weighted by atomic mass is 28.4. The molecule has 0 aromatic heterocycles. The van der Waals surface area contributed by atoms with Crippen molar-refractivity contribution in [2.45, 2.75) is 86.7 Å². The summed E-state index contributed by atoms with van der Waals surface area (Å²) in [6, 6.07) is 1.86. The second-order valence-corrected chi connectivity index (χ2v) is 11.3. The molecule has 0 fully saturated rings. The zero-order chi connectivity index (χ0) is 21.0. The SMILES string of the molecule is CCCC[Si](OCC)(OCC)OCC.CCC[Si](OCC)(OCC)OCC. The quantitative estimate of drug-likeness (QED) is 0.295. The van der Waals surface area contributed by atoms with Gasteiger partial charge in [-0.3, -0.25) is 0 Å². The Balaban J connectivity index is 0. The Kier molecular flexibility index (Phi) is 21.2. The lowest BCUT2D eigenvalue weighted by atomic mass is 10.4. The summed E-state index contributed by atoms with van der Waals surface area (Å²) in [7, 11) is -4.61. The lowest BCUT2D eigenvalue weighted by Crippen LogP contribution is -2.45. The van der Waals surface area contributed by atoms with Crippen molar-refractivity contribution in [2.75, 3.05) is 39.6 Å². The second-order valence-electron chi connectivity index (χ2n) is 5.82. The van der Waals surface area contributed by atoms with E-state index in [1.807, 2.05) is 41.5 Å². The molecule has 0 heterocycles. The molecular weight excluding hydrogens is 380 g/mol. The van der Waals surface area contributed by atoms with Gasteiger partial charge in [0.2, 0.25) is 0 Å². The van der Waals surface area contributed by atoms with Gasteiger partial charge in [0.1, 0.15) is 0 Å². The Hall–Kier alpha value is 0.194. The van der Waals surface area contributed by atoms with Crippen LogP contribution in [0.25, 0.3) is 0 Å². The van der Waals surface area contributed by atoms with Gasteiger partial charge < -0.3 is 26.6 Å². The van der Waals surface area contributed by atoms with Crippen molar-refractivity contribution < 1.29 is 26.6 Å². The topological polar surface area (TPSA) is 55.4 Å². The number of hydrogen-bond acceptors (Lipinski definition) is 6. The molecule has 0 amide bonds. The molecule has 0 saturated carbocycles. The van der Waals surface area contributed by atoms with Crippen LogP contribution < -0.4 is 0 Å². The van der Waals surface area contributed by atoms with E-state index in [9.17, 15) is 0 Å². The number of unbranched alkanes of at least 4 members (excludes halogenated alkanes) is 1. The Morgan fingerprint density at radius 3 is 0.926 bits per heavy atom. The molecule has 8 heteroatoms. The second kappa shape index (κ2) is 19.5. The molecule has 0 aliphatic carbocycles. The molecule has 166 valence electrons. The summed E-state index contributed by atoms with van der Waals surface area (Å²) in [6.45, 7) is 20.3. The highest BCUT2D eigenvalue weighted by Crippen LogP contribution is 2.19. The van der Waals surface area contributed by atoms with Crippen molar-refractivity contribution in [2.24, 2.45) is 0 Å². The van der Waals surface area contributed by atoms with Crippen molar-refractivity contribution in [1.82, 2.24) is 0 Å². The highest BCUT2D eigenvalue weighted by Gasteiger charge is 2.39. The molecule has 27 heavy (non-hydrogen) atoms. The molecule has 0 spiro atoms. The Morgan fingerprint density at radius 1 is 0.407 bits per heavy atom. The summed E-state index contributed by atoms with van der Waals surface area (Å²) >= 11 is 0. The van der Waals surface area contributed by atoms with Crippen LogP contribution >= 0.6 is 0 Å². The van der Waals surface area contributed by atoms with Gasteiger partial charge in [-0.1, -0.05) is 26.7 Å². The van der Waals surface area contributed by atoms with Crippen molar-refractivity contribution in [3.63, 3.8) is 0 Å². The van der Waals surface area contributed by atoms with Crippen LogP contribution in [0.2, 0.25) is 12.1 Å². The van der Waals surface area contributed by atoms with Gasteiger partial charge in [-0.25, -0.2) is 0 Å². The van der Waals surface area contributed by atoms with E-state index in [0.717, 1.165) is 31.4 Å². The third kappa shape index (κ3) is 13.9. The van der Waals surface area contributed by atoms with E-state index < -0.39 is 17.6 Å². The van der Waals surface area contributed by atoms with E-state index in [1.165, 1.54) is 0 Å². The van der Waals surface area contributed by atoms with Crippen LogP contribution in [0.4, 0.5) is 0 Å². The van der Waals surface area contributed by atoms with Crippen molar-refractivity contribution >= 4 is 17.6 Å². The van der Waals surface area contributed by atoms with Crippen LogP contribution in [0.3, 0.4) is 0 Å². The highest BCUT2D eigenvalue weighted by molar-refractivity contribution is 6.61. The van der Waals surface area contributed by atoms with Gasteiger partial charge >= 0.3 is 17.6 Å². The molecule has 6 nitrogen and oxygen atoms in total. The normalized spacial score (nSPS) is 12.0. The van der Waals surface area contributed by atoms with E-state index in [4.69, 9.17) is 26.6 Å². The Labute approximate surface area is 170 Å². The first-order valence-electron chi connectivity index (χ1n) is 10.8. The maximum atomic E-state index is 5.71. The number of hydrogen-bond donors (Lipinski definition) is 0. The fourth-order valence-corrected chi connectivity index (χ4v) is 8.11. The van der Waals surface area contributed by atoms with Gasteiger partial charge in [-0.2, -0.15) is 0 Å². The minimum Gasteiger partial charge on any atom is -0.374 e. The van der Waals surface area contributed by atoms with Crippen LogP contribution in [-0.4, -0.2) is 57.3 Å². The zero-order valence-corrected chi connectivity index (χ0v) is 21.2. The van der Waals surface area contributed by atoms with E-state index in [-0.39, 0.29) is 0 Å². The molecule has 0 saturated heterocycles. The predicted octanol–water partition coefficient (Wildman–Crippen LogP) is 5.28. The standard InChI is InChI=1S/C10H24O3Si.C9H22O3Si/c1-5-9-10-14(11-6-2,12-7-3)13-8-4;1-5-9-13(10-6-2,11-7-3)12-8-4/h5-10H2,1-4H3;5-9H2,1-4H3. The van der Waals surface area contributed by atoms with E-state index in [1.54, 1.807) is 0 Å². The predicted molar refractivity (Wildman–Crippen MR) is 116 cm³/mol. The van der Waals surface area contributed by atoms with Gasteiger partial charge in [0.15, 0.2) is 0 Å². The molecule has 0 aliphatic heterocycles. The lowest BCUT2D eigenvalue weighted by Gasteiger charge is -2.28. The van der Waals surface area contributed by atoms with E-state index >= 15 is 0 Å². The Morgan fingerprint density at radius 2 is 0.704 bits per heavy atom. The average molecular weight is 427 g/mol. The summed E-state index contributed by atoms with van der Waals surface area (Å²) in [5.74, 6) is 0. The minimum atomic E-state index is -2.32. The average Bonchev–Trinajstić information content (AvgIpc) is 2.62. The van der Waals surface area contributed by atoms with Crippen molar-refractivity contribution in [3.05, 3.63) is 0 Å². The third-order valence-electron chi connectivity index (χ3n) is 3.58. The summed E-state index contributed by atoms with van der Waals surface area (Å²) in [4.78, 5) is 0. The van der Waals surface area contributed by atoms with Crippen LogP contribution in [-0.2, 0) is 26.6 Å². The minimum absolute atomic E-state index is 0.673. The largest absolute Gasteiger partial charge is 0.500 e. The summed E-state index contributed by atoms with van der Waals surface area (Å²) < 4.78 is 34.1. The molecular formula is C19H46O6Si2. The molecule has 0 aromatic carbocycles. The molecule has 0 unspecified atom stereocenters. The molecule has 0 atom stereocenters. The first-order valence-corrected chi connectivity index (χ1v) is 14.7. The van der Waals surface area contributed by atoms with Gasteiger partial charge in [0, 0.05) is 51.7 Å². The van der Waals surface area contributed by atoms with Crippen LogP contribution in [0.5, 0.6) is 0 Å². The van der Waals surface area contributed by atoms with Crippen LogP contribution in [0, 0.1) is 0 Å². The first kappa shape index (κ1) is 29.4. The number of rotatable bonds is 17. The molecule has 0 bridgehead atoms. The summed E-state index contributed by atoms with van der Waals surface area (Å²) in [5.41, 5.74) is 0. The lowest BCUT2D eigenvalue weighted by molar-refractivity contribution is 0.0701. The van der Waals surface area contributed by atoms with Crippen molar-refractivity contribution in [3.8, 4) is 0 Å². The maximum Gasteiger partial charge on any atom is 0.500 e. The Bertz CT molecular complexity index is 261. The fraction of sp³-hybridized carbons (Fsp3) is 1.00. The summed E-state index contributed by atoms with van der Waals surface area (Å²) in [5, 5.41) is 0. The van der Waals surface area contributed by atoms with Crippen LogP contribution in [0.1, 0.15) is 74.7 Å². The maximum absolute atomic E-state index is 5.71. The zero-order valence-electron chi connectivity index (χ0n) is 19.2. The van der Waals surface area contributed by atoms with E-state index in [0.29, 0.717) is 39.6 Å². The van der Waals surface area contributed by atoms with Crippen LogP contribution in [0.15, 0.2) is 0 Å². The van der Waals surface area contributed by atoms with Gasteiger partial charge in [0.25, 0.3) is 0 Å². The van der Waals surface area contributed by atoms with E-state index in [2.05, 4.69) is 13.8 Å². The molecule has 0 aromatic rings. The molecule has 0 radical (unpaired) electrons. The summed E-state index contributed by atoms with van der Waals surface area (Å²) in [6.07, 6.45) is 3.32.